The van der Waals surface area contributed by atoms with Crippen LogP contribution in [0.5, 0.6) is 0 Å². The molecule has 1 aromatic rings. The van der Waals surface area contributed by atoms with Crippen LogP contribution in [-0.2, 0) is 15.9 Å². The molecule has 0 fully saturated rings. The van der Waals surface area contributed by atoms with Gasteiger partial charge < -0.3 is 9.87 Å². The average molecular weight is 253 g/mol. The highest BCUT2D eigenvalue weighted by atomic mass is 32.2. The summed E-state index contributed by atoms with van der Waals surface area (Å²) in [4.78, 5) is 10.5. The van der Waals surface area contributed by atoms with Crippen molar-refractivity contribution in [1.82, 2.24) is 0 Å². The molecule has 2 N–H and O–H groups in total. The molecule has 0 aromatic heterocycles. The highest BCUT2D eigenvalue weighted by Gasteiger charge is 2.38. The lowest BCUT2D eigenvalue weighted by molar-refractivity contribution is -0.167. The fraction of sp³-hybridized carbons (Fsp3) is 0.125. The Balaban J connectivity index is 2.77. The van der Waals surface area contributed by atoms with Crippen LogP contribution in [0.1, 0.15) is 0 Å². The summed E-state index contributed by atoms with van der Waals surface area (Å²) < 4.78 is 54.7. The van der Waals surface area contributed by atoms with Gasteiger partial charge in [0.05, 0.1) is 4.90 Å². The summed E-state index contributed by atoms with van der Waals surface area (Å²) in [5.41, 5.74) is -0.100. The number of hydrogen-bond acceptors (Lipinski definition) is 2. The molecule has 0 saturated heterocycles. The van der Waals surface area contributed by atoms with Gasteiger partial charge in [0.2, 0.25) is 0 Å². The van der Waals surface area contributed by atoms with Crippen LogP contribution in [0.3, 0.4) is 0 Å². The summed E-state index contributed by atoms with van der Waals surface area (Å²) in [6.45, 7) is 0. The minimum Gasteiger partial charge on any atom is -0.318 e. The summed E-state index contributed by atoms with van der Waals surface area (Å²) in [5.74, 6) is -2.09. The second-order valence-electron chi connectivity index (χ2n) is 2.73. The van der Waals surface area contributed by atoms with Crippen LogP contribution in [0.15, 0.2) is 29.2 Å². The van der Waals surface area contributed by atoms with Crippen LogP contribution in [-0.4, -0.2) is 20.8 Å². The van der Waals surface area contributed by atoms with Gasteiger partial charge in [-0.25, -0.2) is 4.21 Å². The van der Waals surface area contributed by atoms with Crippen molar-refractivity contribution in [2.45, 2.75) is 11.1 Å². The Hall–Kier alpha value is -1.41. The van der Waals surface area contributed by atoms with Crippen LogP contribution in [0.4, 0.5) is 18.9 Å². The van der Waals surface area contributed by atoms with Gasteiger partial charge >= 0.3 is 12.1 Å². The van der Waals surface area contributed by atoms with Gasteiger partial charge in [-0.3, -0.25) is 4.79 Å². The van der Waals surface area contributed by atoms with Gasteiger partial charge in [-0.15, -0.1) is 0 Å². The first-order chi connectivity index (χ1) is 7.30. The van der Waals surface area contributed by atoms with Crippen LogP contribution >= 0.6 is 0 Å². The molecule has 0 heterocycles. The van der Waals surface area contributed by atoms with Crippen LogP contribution in [0, 0.1) is 0 Å². The average Bonchev–Trinajstić information content (AvgIpc) is 2.17. The lowest BCUT2D eigenvalue weighted by Crippen LogP contribution is -2.29. The van der Waals surface area contributed by atoms with Crippen molar-refractivity contribution in [3.63, 3.8) is 0 Å². The summed E-state index contributed by atoms with van der Waals surface area (Å²) in [6, 6.07) is 4.49. The Morgan fingerprint density at radius 2 is 1.75 bits per heavy atom. The Morgan fingerprint density at radius 3 is 2.12 bits per heavy atom. The van der Waals surface area contributed by atoms with Crippen molar-refractivity contribution in [1.29, 1.82) is 0 Å². The largest absolute Gasteiger partial charge is 0.471 e. The SMILES string of the molecule is O=C(Nc1ccc(S(=O)O)cc1)C(F)(F)F. The first-order valence-electron chi connectivity index (χ1n) is 3.90. The van der Waals surface area contributed by atoms with Crippen molar-refractivity contribution >= 4 is 22.7 Å². The van der Waals surface area contributed by atoms with E-state index in [1.165, 1.54) is 0 Å². The Bertz CT molecular complexity index is 416. The predicted octanol–water partition coefficient (Wildman–Crippen LogP) is 1.77. The molecule has 1 amide bonds. The van der Waals surface area contributed by atoms with E-state index < -0.39 is 23.2 Å². The van der Waals surface area contributed by atoms with E-state index in [0.29, 0.717) is 0 Å². The molecular weight excluding hydrogens is 247 g/mol. The van der Waals surface area contributed by atoms with Crippen molar-refractivity contribution in [3.05, 3.63) is 24.3 Å². The molecule has 16 heavy (non-hydrogen) atoms. The second kappa shape index (κ2) is 4.62. The van der Waals surface area contributed by atoms with E-state index >= 15 is 0 Å². The topological polar surface area (TPSA) is 66.4 Å². The highest BCUT2D eigenvalue weighted by Crippen LogP contribution is 2.18. The van der Waals surface area contributed by atoms with Gasteiger partial charge in [-0.1, -0.05) is 0 Å². The fourth-order valence-electron chi connectivity index (χ4n) is 0.857. The molecule has 0 saturated carbocycles. The second-order valence-corrected chi connectivity index (χ2v) is 3.70. The Labute approximate surface area is 90.7 Å². The third-order valence-electron chi connectivity index (χ3n) is 1.57. The number of benzene rings is 1. The number of carbonyl (C=O) groups excluding carboxylic acids is 1. The molecule has 0 aliphatic rings. The third kappa shape index (κ3) is 3.31. The van der Waals surface area contributed by atoms with Gasteiger partial charge in [0.1, 0.15) is 0 Å². The van der Waals surface area contributed by atoms with Crippen molar-refractivity contribution in [2.24, 2.45) is 0 Å². The quantitative estimate of drug-likeness (QED) is 0.789. The zero-order valence-corrected chi connectivity index (χ0v) is 8.43. The molecule has 1 unspecified atom stereocenters. The maximum atomic E-state index is 11.8. The van der Waals surface area contributed by atoms with Gasteiger partial charge in [-0.05, 0) is 24.3 Å². The number of halogens is 3. The first kappa shape index (κ1) is 12.7. The summed E-state index contributed by atoms with van der Waals surface area (Å²) in [7, 11) is 0. The molecule has 0 aliphatic heterocycles. The number of carbonyl (C=O) groups is 1. The molecule has 0 radical (unpaired) electrons. The van der Waals surface area contributed by atoms with Crippen LogP contribution in [0.2, 0.25) is 0 Å². The smallest absolute Gasteiger partial charge is 0.318 e. The maximum absolute atomic E-state index is 11.8. The lowest BCUT2D eigenvalue weighted by atomic mass is 10.3. The first-order valence-corrected chi connectivity index (χ1v) is 5.00. The normalized spacial score (nSPS) is 13.2. The van der Waals surface area contributed by atoms with Crippen LogP contribution in [0.25, 0.3) is 0 Å². The molecule has 88 valence electrons. The minimum atomic E-state index is -4.96. The fourth-order valence-corrected chi connectivity index (χ4v) is 1.23. The number of nitrogens with one attached hydrogen (secondary N) is 1. The van der Waals surface area contributed by atoms with Crippen molar-refractivity contribution in [3.8, 4) is 0 Å². The molecule has 0 aliphatic carbocycles. The lowest BCUT2D eigenvalue weighted by Gasteiger charge is -2.07. The third-order valence-corrected chi connectivity index (χ3v) is 2.25. The molecule has 8 heteroatoms. The molecule has 1 aromatic carbocycles. The monoisotopic (exact) mass is 253 g/mol. The van der Waals surface area contributed by atoms with Crippen molar-refractivity contribution < 1.29 is 26.7 Å². The summed E-state index contributed by atoms with van der Waals surface area (Å²) >= 11 is -2.20. The molecule has 1 atom stereocenters. The highest BCUT2D eigenvalue weighted by molar-refractivity contribution is 7.79. The van der Waals surface area contributed by atoms with E-state index in [9.17, 15) is 22.2 Å². The van der Waals surface area contributed by atoms with Crippen molar-refractivity contribution in [2.75, 3.05) is 5.32 Å². The van der Waals surface area contributed by atoms with E-state index in [4.69, 9.17) is 4.55 Å². The standard InChI is InChI=1S/C8H6F3NO3S/c9-8(10,11)7(13)12-5-1-3-6(4-2-5)16(14)15/h1-4H,(H,12,13)(H,14,15). The maximum Gasteiger partial charge on any atom is 0.471 e. The van der Waals surface area contributed by atoms with Gasteiger partial charge in [0.15, 0.2) is 11.1 Å². The van der Waals surface area contributed by atoms with Crippen LogP contribution < -0.4 is 5.32 Å². The van der Waals surface area contributed by atoms with Gasteiger partial charge in [-0.2, -0.15) is 13.2 Å². The van der Waals surface area contributed by atoms with E-state index in [2.05, 4.69) is 0 Å². The molecule has 0 spiro atoms. The molecule has 1 rings (SSSR count). The summed E-state index contributed by atoms with van der Waals surface area (Å²) in [5, 5.41) is 1.60. The Kier molecular flexibility index (Phi) is 3.66. The number of hydrogen-bond donors (Lipinski definition) is 2. The van der Waals surface area contributed by atoms with E-state index in [1.807, 2.05) is 0 Å². The number of amides is 1. The van der Waals surface area contributed by atoms with E-state index in [1.54, 1.807) is 5.32 Å². The number of anilines is 1. The van der Waals surface area contributed by atoms with E-state index in [-0.39, 0.29) is 10.6 Å². The Morgan fingerprint density at radius 1 is 1.25 bits per heavy atom. The van der Waals surface area contributed by atoms with Gasteiger partial charge in [0, 0.05) is 5.69 Å². The van der Waals surface area contributed by atoms with E-state index in [0.717, 1.165) is 24.3 Å². The number of rotatable bonds is 2. The van der Waals surface area contributed by atoms with Gasteiger partial charge in [0.25, 0.3) is 0 Å². The molecule has 4 nitrogen and oxygen atoms in total. The zero-order chi connectivity index (χ0) is 12.3. The molecular formula is C8H6F3NO3S. The predicted molar refractivity (Wildman–Crippen MR) is 50.2 cm³/mol. The minimum absolute atomic E-state index is 0.0324. The zero-order valence-electron chi connectivity index (χ0n) is 7.62. The molecule has 0 bridgehead atoms. The summed E-state index contributed by atoms with van der Waals surface area (Å²) in [6.07, 6.45) is -4.96. The number of alkyl halides is 3.